The summed E-state index contributed by atoms with van der Waals surface area (Å²) < 4.78 is 45.1. The Kier molecular flexibility index (Phi) is 5.96. The van der Waals surface area contributed by atoms with E-state index in [2.05, 4.69) is 32.4 Å². The Morgan fingerprint density at radius 2 is 2.00 bits per heavy atom. The highest BCUT2D eigenvalue weighted by atomic mass is 19.4. The first-order valence-electron chi connectivity index (χ1n) is 10.4. The van der Waals surface area contributed by atoms with Gasteiger partial charge in [0, 0.05) is 35.9 Å². The van der Waals surface area contributed by atoms with Crippen LogP contribution in [0.2, 0.25) is 0 Å². The smallest absolute Gasteiger partial charge is 0.418 e. The number of likely N-dealkylation sites (N-methyl/N-ethyl adjacent to an activating group) is 1. The second kappa shape index (κ2) is 8.70. The first-order chi connectivity index (χ1) is 15.3. The summed E-state index contributed by atoms with van der Waals surface area (Å²) in [6.07, 6.45) is -3.58. The van der Waals surface area contributed by atoms with Crippen molar-refractivity contribution in [3.05, 3.63) is 42.0 Å². The number of halogens is 3. The molecule has 32 heavy (non-hydrogen) atoms. The summed E-state index contributed by atoms with van der Waals surface area (Å²) in [6, 6.07) is 9.49. The Bertz CT molecular complexity index is 1120. The van der Waals surface area contributed by atoms with E-state index in [0.717, 1.165) is 37.5 Å². The van der Waals surface area contributed by atoms with Crippen LogP contribution < -0.4 is 26.0 Å². The van der Waals surface area contributed by atoms with Gasteiger partial charge in [-0.05, 0) is 49.4 Å². The van der Waals surface area contributed by atoms with Crippen LogP contribution in [-0.2, 0) is 6.18 Å². The van der Waals surface area contributed by atoms with Gasteiger partial charge >= 0.3 is 6.18 Å². The van der Waals surface area contributed by atoms with Crippen molar-refractivity contribution in [2.45, 2.75) is 25.6 Å². The Balaban J connectivity index is 1.73. The largest absolute Gasteiger partial charge is 0.497 e. The van der Waals surface area contributed by atoms with Crippen LogP contribution in [-0.4, -0.2) is 42.8 Å². The molecule has 2 heterocycles. The van der Waals surface area contributed by atoms with Crippen LogP contribution in [0.15, 0.2) is 36.4 Å². The van der Waals surface area contributed by atoms with E-state index in [9.17, 15) is 13.2 Å². The third-order valence-corrected chi connectivity index (χ3v) is 5.48. The Morgan fingerprint density at radius 3 is 2.72 bits per heavy atom. The van der Waals surface area contributed by atoms with E-state index in [-0.39, 0.29) is 17.3 Å². The fourth-order valence-corrected chi connectivity index (χ4v) is 3.93. The Hall–Kier alpha value is -3.27. The summed E-state index contributed by atoms with van der Waals surface area (Å²) in [7, 11) is 1.59. The highest BCUT2D eigenvalue weighted by molar-refractivity contribution is 5.92. The molecule has 170 valence electrons. The lowest BCUT2D eigenvalue weighted by atomic mass is 10.1. The predicted molar refractivity (Wildman–Crippen MR) is 120 cm³/mol. The van der Waals surface area contributed by atoms with Crippen LogP contribution in [0, 0.1) is 0 Å². The average molecular weight is 446 g/mol. The highest BCUT2D eigenvalue weighted by Crippen LogP contribution is 2.36. The van der Waals surface area contributed by atoms with Crippen molar-refractivity contribution in [1.29, 1.82) is 0 Å². The molecule has 0 aliphatic carbocycles. The summed E-state index contributed by atoms with van der Waals surface area (Å²) >= 11 is 0. The monoisotopic (exact) mass is 446 g/mol. The molecule has 4 rings (SSSR count). The summed E-state index contributed by atoms with van der Waals surface area (Å²) in [4.78, 5) is 11.3. The number of hydrogen-bond acceptors (Lipinski definition) is 7. The standard InChI is InChI=1S/C22H25F3N6O/c1-3-27-14-8-9-31(12-14)20-16-11-15(32-2)5-7-19(16)29-21(30-20)28-13-4-6-18(26)17(10-13)22(23,24)25/h4-7,10-11,14,27H,3,8-9,12,26H2,1-2H3,(H,28,29,30). The minimum atomic E-state index is -4.55. The van der Waals surface area contributed by atoms with E-state index in [1.54, 1.807) is 13.2 Å². The molecule has 1 fully saturated rings. The van der Waals surface area contributed by atoms with E-state index in [1.807, 2.05) is 12.1 Å². The Labute approximate surface area is 183 Å². The van der Waals surface area contributed by atoms with Gasteiger partial charge in [0.15, 0.2) is 0 Å². The number of alkyl halides is 3. The van der Waals surface area contributed by atoms with Gasteiger partial charge in [-0.1, -0.05) is 6.92 Å². The number of anilines is 4. The first-order valence-corrected chi connectivity index (χ1v) is 10.4. The molecule has 1 aliphatic heterocycles. The molecule has 4 N–H and O–H groups in total. The van der Waals surface area contributed by atoms with Crippen LogP contribution in [0.25, 0.3) is 10.9 Å². The van der Waals surface area contributed by atoms with Gasteiger partial charge in [-0.25, -0.2) is 4.98 Å². The van der Waals surface area contributed by atoms with Gasteiger partial charge in [0.25, 0.3) is 0 Å². The van der Waals surface area contributed by atoms with Crippen molar-refractivity contribution < 1.29 is 17.9 Å². The van der Waals surface area contributed by atoms with Crippen molar-refractivity contribution in [2.75, 3.05) is 42.7 Å². The fraction of sp³-hybridized carbons (Fsp3) is 0.364. The van der Waals surface area contributed by atoms with E-state index >= 15 is 0 Å². The number of nitrogens with two attached hydrogens (primary N) is 1. The lowest BCUT2D eigenvalue weighted by molar-refractivity contribution is -0.136. The minimum Gasteiger partial charge on any atom is -0.497 e. The molecule has 0 spiro atoms. The number of benzene rings is 2. The number of methoxy groups -OCH3 is 1. The van der Waals surface area contributed by atoms with Gasteiger partial charge in [-0.15, -0.1) is 0 Å². The molecule has 1 aromatic heterocycles. The molecule has 7 nitrogen and oxygen atoms in total. The maximum Gasteiger partial charge on any atom is 0.418 e. The quantitative estimate of drug-likeness (QED) is 0.490. The molecule has 1 aliphatic rings. The summed E-state index contributed by atoms with van der Waals surface area (Å²) in [5, 5.41) is 7.18. The topological polar surface area (TPSA) is 88.3 Å². The molecule has 1 unspecified atom stereocenters. The lowest BCUT2D eigenvalue weighted by Gasteiger charge is -2.21. The number of nitrogens with one attached hydrogen (secondary N) is 2. The molecular formula is C22H25F3N6O. The normalized spacial score (nSPS) is 16.5. The van der Waals surface area contributed by atoms with Gasteiger partial charge in [-0.3, -0.25) is 0 Å². The third kappa shape index (κ3) is 4.50. The molecule has 1 atom stereocenters. The van der Waals surface area contributed by atoms with Crippen LogP contribution in [0.5, 0.6) is 5.75 Å². The van der Waals surface area contributed by atoms with E-state index in [1.165, 1.54) is 12.1 Å². The molecule has 10 heteroatoms. The molecule has 0 saturated carbocycles. The number of hydrogen-bond donors (Lipinski definition) is 3. The van der Waals surface area contributed by atoms with Crippen LogP contribution >= 0.6 is 0 Å². The molecular weight excluding hydrogens is 421 g/mol. The van der Waals surface area contributed by atoms with Crippen molar-refractivity contribution >= 4 is 34.0 Å². The third-order valence-electron chi connectivity index (χ3n) is 5.48. The van der Waals surface area contributed by atoms with Crippen LogP contribution in [0.1, 0.15) is 18.9 Å². The molecule has 2 aromatic carbocycles. The highest BCUT2D eigenvalue weighted by Gasteiger charge is 2.33. The van der Waals surface area contributed by atoms with E-state index < -0.39 is 11.7 Å². The van der Waals surface area contributed by atoms with Crippen molar-refractivity contribution in [1.82, 2.24) is 15.3 Å². The summed E-state index contributed by atoms with van der Waals surface area (Å²) in [6.45, 7) is 4.52. The number of nitrogen functional groups attached to an aromatic ring is 1. The zero-order valence-electron chi connectivity index (χ0n) is 17.8. The van der Waals surface area contributed by atoms with Gasteiger partial charge < -0.3 is 26.0 Å². The molecule has 0 amide bonds. The maximum absolute atomic E-state index is 13.3. The zero-order chi connectivity index (χ0) is 22.9. The van der Waals surface area contributed by atoms with Crippen molar-refractivity contribution in [3.8, 4) is 5.75 Å². The maximum atomic E-state index is 13.3. The second-order valence-electron chi connectivity index (χ2n) is 7.67. The number of nitrogens with zero attached hydrogens (tertiary/aromatic N) is 3. The summed E-state index contributed by atoms with van der Waals surface area (Å²) in [5.41, 5.74) is 5.15. The fourth-order valence-electron chi connectivity index (χ4n) is 3.93. The number of rotatable bonds is 6. The van der Waals surface area contributed by atoms with Crippen LogP contribution in [0.4, 0.5) is 36.3 Å². The number of aromatic nitrogens is 2. The van der Waals surface area contributed by atoms with Gasteiger partial charge in [-0.2, -0.15) is 18.2 Å². The minimum absolute atomic E-state index is 0.206. The molecule has 0 radical (unpaired) electrons. The average Bonchev–Trinajstić information content (AvgIpc) is 3.22. The Morgan fingerprint density at radius 1 is 1.19 bits per heavy atom. The van der Waals surface area contributed by atoms with Gasteiger partial charge in [0.05, 0.1) is 18.2 Å². The van der Waals surface area contributed by atoms with Crippen LogP contribution in [0.3, 0.4) is 0 Å². The van der Waals surface area contributed by atoms with Gasteiger partial charge in [0.2, 0.25) is 5.95 Å². The second-order valence-corrected chi connectivity index (χ2v) is 7.67. The molecule has 3 aromatic rings. The van der Waals surface area contributed by atoms with Crippen molar-refractivity contribution in [3.63, 3.8) is 0 Å². The lowest BCUT2D eigenvalue weighted by Crippen LogP contribution is -2.32. The zero-order valence-corrected chi connectivity index (χ0v) is 17.8. The number of fused-ring (bicyclic) bond motifs is 1. The predicted octanol–water partition coefficient (Wildman–Crippen LogP) is 4.17. The van der Waals surface area contributed by atoms with Gasteiger partial charge in [0.1, 0.15) is 11.6 Å². The summed E-state index contributed by atoms with van der Waals surface area (Å²) in [5.74, 6) is 1.60. The molecule has 0 bridgehead atoms. The first kappa shape index (κ1) is 21.9. The van der Waals surface area contributed by atoms with E-state index in [4.69, 9.17) is 10.5 Å². The number of ether oxygens (including phenoxy) is 1. The SMILES string of the molecule is CCNC1CCN(c2nc(Nc3ccc(N)c(C(F)(F)F)c3)nc3ccc(OC)cc23)C1. The van der Waals surface area contributed by atoms with Crippen molar-refractivity contribution in [2.24, 2.45) is 0 Å². The molecule has 1 saturated heterocycles. The van der Waals surface area contributed by atoms with E-state index in [0.29, 0.717) is 23.1 Å².